The summed E-state index contributed by atoms with van der Waals surface area (Å²) in [5, 5.41) is 4.60. The van der Waals surface area contributed by atoms with E-state index in [9.17, 15) is 14.4 Å². The quantitative estimate of drug-likeness (QED) is 0.812. The summed E-state index contributed by atoms with van der Waals surface area (Å²) in [6.45, 7) is 6.47. The molecule has 0 saturated carbocycles. The lowest BCUT2D eigenvalue weighted by Crippen LogP contribution is -2.44. The Bertz CT molecular complexity index is 538. The molecule has 1 aromatic carbocycles. The number of carbonyl (C=O) groups excluding carboxylic acids is 3. The van der Waals surface area contributed by atoms with Crippen LogP contribution in [0.2, 0.25) is 0 Å². The molecule has 0 aliphatic rings. The SMILES string of the molecule is CC(C)NC(=O)NC(=O)COC(=O)C(C)(C)c1ccccc1. The molecule has 0 aromatic heterocycles. The Balaban J connectivity index is 2.52. The predicted molar refractivity (Wildman–Crippen MR) is 82.2 cm³/mol. The van der Waals surface area contributed by atoms with Gasteiger partial charge in [-0.2, -0.15) is 0 Å². The average molecular weight is 306 g/mol. The van der Waals surface area contributed by atoms with Gasteiger partial charge in [0.2, 0.25) is 0 Å². The molecule has 0 atom stereocenters. The second kappa shape index (κ2) is 7.59. The molecular formula is C16H22N2O4. The molecule has 0 aliphatic heterocycles. The maximum atomic E-state index is 12.1. The number of esters is 1. The van der Waals surface area contributed by atoms with E-state index in [0.717, 1.165) is 5.56 Å². The summed E-state index contributed by atoms with van der Waals surface area (Å²) >= 11 is 0. The van der Waals surface area contributed by atoms with Gasteiger partial charge in [-0.25, -0.2) is 4.79 Å². The first-order chi connectivity index (χ1) is 10.2. The molecule has 22 heavy (non-hydrogen) atoms. The van der Waals surface area contributed by atoms with Gasteiger partial charge in [0.15, 0.2) is 6.61 Å². The summed E-state index contributed by atoms with van der Waals surface area (Å²) in [6.07, 6.45) is 0. The number of rotatable bonds is 5. The zero-order valence-corrected chi connectivity index (χ0v) is 13.3. The van der Waals surface area contributed by atoms with Crippen LogP contribution in [-0.2, 0) is 19.7 Å². The maximum Gasteiger partial charge on any atom is 0.321 e. The first-order valence-corrected chi connectivity index (χ1v) is 7.06. The number of ether oxygens (including phenoxy) is 1. The van der Waals surface area contributed by atoms with E-state index in [-0.39, 0.29) is 6.04 Å². The Hall–Kier alpha value is -2.37. The number of urea groups is 1. The van der Waals surface area contributed by atoms with Crippen molar-refractivity contribution < 1.29 is 19.1 Å². The smallest absolute Gasteiger partial charge is 0.321 e. The second-order valence-electron chi connectivity index (χ2n) is 5.74. The molecule has 0 heterocycles. The van der Waals surface area contributed by atoms with Crippen LogP contribution in [0, 0.1) is 0 Å². The lowest BCUT2D eigenvalue weighted by Gasteiger charge is -2.22. The predicted octanol–water partition coefficient (Wildman–Crippen LogP) is 1.74. The lowest BCUT2D eigenvalue weighted by atomic mass is 9.85. The Morgan fingerprint density at radius 3 is 2.27 bits per heavy atom. The number of hydrogen-bond acceptors (Lipinski definition) is 4. The van der Waals surface area contributed by atoms with Crippen molar-refractivity contribution >= 4 is 17.9 Å². The highest BCUT2D eigenvalue weighted by Crippen LogP contribution is 2.24. The molecule has 0 unspecified atom stereocenters. The van der Waals surface area contributed by atoms with Gasteiger partial charge < -0.3 is 10.1 Å². The molecule has 3 amide bonds. The van der Waals surface area contributed by atoms with Crippen molar-refractivity contribution in [2.75, 3.05) is 6.61 Å². The molecule has 0 fully saturated rings. The van der Waals surface area contributed by atoms with Crippen LogP contribution < -0.4 is 10.6 Å². The van der Waals surface area contributed by atoms with Gasteiger partial charge in [-0.05, 0) is 33.3 Å². The van der Waals surface area contributed by atoms with Crippen LogP contribution >= 0.6 is 0 Å². The minimum Gasteiger partial charge on any atom is -0.455 e. The third kappa shape index (κ3) is 5.20. The van der Waals surface area contributed by atoms with E-state index in [2.05, 4.69) is 10.6 Å². The van der Waals surface area contributed by atoms with Gasteiger partial charge in [-0.15, -0.1) is 0 Å². The van der Waals surface area contributed by atoms with Crippen molar-refractivity contribution in [1.82, 2.24) is 10.6 Å². The Labute approximate surface area is 130 Å². The number of hydrogen-bond donors (Lipinski definition) is 2. The highest BCUT2D eigenvalue weighted by molar-refractivity contribution is 5.96. The minimum atomic E-state index is -0.873. The second-order valence-corrected chi connectivity index (χ2v) is 5.74. The van der Waals surface area contributed by atoms with Gasteiger partial charge in [-0.3, -0.25) is 14.9 Å². The van der Waals surface area contributed by atoms with E-state index in [1.807, 2.05) is 30.3 Å². The highest BCUT2D eigenvalue weighted by atomic mass is 16.5. The van der Waals surface area contributed by atoms with Gasteiger partial charge in [0.25, 0.3) is 5.91 Å². The van der Waals surface area contributed by atoms with Crippen molar-refractivity contribution in [3.05, 3.63) is 35.9 Å². The normalized spacial score (nSPS) is 11.0. The fourth-order valence-electron chi connectivity index (χ4n) is 1.75. The fourth-order valence-corrected chi connectivity index (χ4v) is 1.75. The van der Waals surface area contributed by atoms with Crippen LogP contribution in [0.15, 0.2) is 30.3 Å². The Morgan fingerprint density at radius 1 is 1.14 bits per heavy atom. The molecule has 2 N–H and O–H groups in total. The monoisotopic (exact) mass is 306 g/mol. The Morgan fingerprint density at radius 2 is 1.73 bits per heavy atom. The molecule has 0 bridgehead atoms. The minimum absolute atomic E-state index is 0.0904. The first kappa shape index (κ1) is 17.7. The molecule has 120 valence electrons. The zero-order valence-electron chi connectivity index (χ0n) is 13.3. The fraction of sp³-hybridized carbons (Fsp3) is 0.438. The van der Waals surface area contributed by atoms with Crippen molar-refractivity contribution in [3.63, 3.8) is 0 Å². The Kier molecular flexibility index (Phi) is 6.10. The van der Waals surface area contributed by atoms with Crippen LogP contribution in [0.5, 0.6) is 0 Å². The average Bonchev–Trinajstić information content (AvgIpc) is 2.44. The number of imide groups is 1. The highest BCUT2D eigenvalue weighted by Gasteiger charge is 2.31. The number of carbonyl (C=O) groups is 3. The van der Waals surface area contributed by atoms with Crippen molar-refractivity contribution in [2.24, 2.45) is 0 Å². The molecule has 0 saturated heterocycles. The summed E-state index contributed by atoms with van der Waals surface area (Å²) in [5.74, 6) is -1.20. The third-order valence-electron chi connectivity index (χ3n) is 3.01. The number of nitrogens with one attached hydrogen (secondary N) is 2. The lowest BCUT2D eigenvalue weighted by molar-refractivity contribution is -0.153. The van der Waals surface area contributed by atoms with Crippen LogP contribution in [0.1, 0.15) is 33.3 Å². The molecular weight excluding hydrogens is 284 g/mol. The number of amides is 3. The molecule has 1 rings (SSSR count). The summed E-state index contributed by atoms with van der Waals surface area (Å²) in [7, 11) is 0. The molecule has 1 aromatic rings. The van der Waals surface area contributed by atoms with Gasteiger partial charge >= 0.3 is 12.0 Å². The maximum absolute atomic E-state index is 12.1. The molecule has 6 nitrogen and oxygen atoms in total. The van der Waals surface area contributed by atoms with E-state index in [1.165, 1.54) is 0 Å². The van der Waals surface area contributed by atoms with Crippen molar-refractivity contribution in [3.8, 4) is 0 Å². The largest absolute Gasteiger partial charge is 0.455 e. The van der Waals surface area contributed by atoms with Gasteiger partial charge in [0, 0.05) is 6.04 Å². The first-order valence-electron chi connectivity index (χ1n) is 7.06. The van der Waals surface area contributed by atoms with Crippen molar-refractivity contribution in [2.45, 2.75) is 39.2 Å². The topological polar surface area (TPSA) is 84.5 Å². The summed E-state index contributed by atoms with van der Waals surface area (Å²) in [6, 6.07) is 8.44. The van der Waals surface area contributed by atoms with Crippen LogP contribution in [0.25, 0.3) is 0 Å². The zero-order chi connectivity index (χ0) is 16.8. The van der Waals surface area contributed by atoms with Crippen LogP contribution in [0.3, 0.4) is 0 Å². The van der Waals surface area contributed by atoms with E-state index in [0.29, 0.717) is 0 Å². The third-order valence-corrected chi connectivity index (χ3v) is 3.01. The summed E-state index contributed by atoms with van der Waals surface area (Å²) in [5.41, 5.74) is -0.0835. The summed E-state index contributed by atoms with van der Waals surface area (Å²) in [4.78, 5) is 35.0. The molecule has 0 radical (unpaired) electrons. The van der Waals surface area contributed by atoms with E-state index in [1.54, 1.807) is 27.7 Å². The van der Waals surface area contributed by atoms with E-state index in [4.69, 9.17) is 4.74 Å². The molecule has 0 aliphatic carbocycles. The van der Waals surface area contributed by atoms with Gasteiger partial charge in [-0.1, -0.05) is 30.3 Å². The molecule has 6 heteroatoms. The number of benzene rings is 1. The van der Waals surface area contributed by atoms with E-state index < -0.39 is 29.9 Å². The van der Waals surface area contributed by atoms with Crippen LogP contribution in [-0.4, -0.2) is 30.6 Å². The standard InChI is InChI=1S/C16H22N2O4/c1-11(2)17-15(21)18-13(19)10-22-14(20)16(3,4)12-8-6-5-7-9-12/h5-9,11H,10H2,1-4H3,(H2,17,18,19,21). The van der Waals surface area contributed by atoms with Gasteiger partial charge in [0.05, 0.1) is 5.41 Å². The van der Waals surface area contributed by atoms with E-state index >= 15 is 0 Å². The van der Waals surface area contributed by atoms with Gasteiger partial charge in [0.1, 0.15) is 0 Å². The van der Waals surface area contributed by atoms with Crippen molar-refractivity contribution in [1.29, 1.82) is 0 Å². The van der Waals surface area contributed by atoms with Crippen LogP contribution in [0.4, 0.5) is 4.79 Å². The summed E-state index contributed by atoms with van der Waals surface area (Å²) < 4.78 is 5.00. The molecule has 0 spiro atoms.